The lowest BCUT2D eigenvalue weighted by molar-refractivity contribution is 1.30. The molecule has 0 unspecified atom stereocenters. The molecule has 0 saturated heterocycles. The van der Waals surface area contributed by atoms with E-state index in [1.165, 1.54) is 6.21 Å². The van der Waals surface area contributed by atoms with E-state index in [2.05, 4.69) is 15.9 Å². The van der Waals surface area contributed by atoms with Gasteiger partial charge in [-0.15, -0.1) is 11.8 Å². The summed E-state index contributed by atoms with van der Waals surface area (Å²) < 4.78 is 1.07. The third kappa shape index (κ3) is 1.72. The van der Waals surface area contributed by atoms with Crippen molar-refractivity contribution in [3.8, 4) is 0 Å². The van der Waals surface area contributed by atoms with Crippen molar-refractivity contribution >= 4 is 33.9 Å². The van der Waals surface area contributed by atoms with Crippen molar-refractivity contribution < 1.29 is 0 Å². The second kappa shape index (κ2) is 4.10. The first-order valence-corrected chi connectivity index (χ1v) is 5.56. The Morgan fingerprint density at radius 2 is 2.17 bits per heavy atom. The number of hydrogen-bond acceptors (Lipinski definition) is 2. The average Bonchev–Trinajstić information content (AvgIpc) is 2.09. The number of nitrogens with one attached hydrogen (secondary N) is 1. The van der Waals surface area contributed by atoms with Crippen LogP contribution in [0.5, 0.6) is 0 Å². The fourth-order valence-electron chi connectivity index (χ4n) is 1.03. The van der Waals surface area contributed by atoms with Crippen molar-refractivity contribution in [1.29, 1.82) is 5.41 Å². The van der Waals surface area contributed by atoms with Crippen molar-refractivity contribution in [2.45, 2.75) is 11.8 Å². The SMILES string of the molecule is CSc1ccc(Br)c(C)c1C=N. The van der Waals surface area contributed by atoms with E-state index < -0.39 is 0 Å². The highest BCUT2D eigenvalue weighted by atomic mass is 79.9. The number of thioether (sulfide) groups is 1. The summed E-state index contributed by atoms with van der Waals surface area (Å²) in [7, 11) is 0. The molecule has 64 valence electrons. The molecule has 1 rings (SSSR count). The van der Waals surface area contributed by atoms with Crippen LogP contribution in [-0.2, 0) is 0 Å². The number of benzene rings is 1. The zero-order chi connectivity index (χ0) is 9.14. The first-order valence-electron chi connectivity index (χ1n) is 3.54. The van der Waals surface area contributed by atoms with E-state index in [9.17, 15) is 0 Å². The van der Waals surface area contributed by atoms with Crippen LogP contribution in [-0.4, -0.2) is 12.5 Å². The largest absolute Gasteiger partial charge is 0.308 e. The smallest absolute Gasteiger partial charge is 0.0264 e. The Morgan fingerprint density at radius 3 is 2.67 bits per heavy atom. The molecule has 0 aromatic heterocycles. The molecule has 0 aliphatic rings. The van der Waals surface area contributed by atoms with Gasteiger partial charge in [0.15, 0.2) is 0 Å². The Bertz CT molecular complexity index is 310. The van der Waals surface area contributed by atoms with Crippen LogP contribution < -0.4 is 0 Å². The quantitative estimate of drug-likeness (QED) is 0.625. The molecule has 12 heavy (non-hydrogen) atoms. The maximum Gasteiger partial charge on any atom is 0.0264 e. The lowest BCUT2D eigenvalue weighted by Crippen LogP contribution is -1.90. The van der Waals surface area contributed by atoms with Crippen molar-refractivity contribution in [2.75, 3.05) is 6.26 Å². The van der Waals surface area contributed by atoms with E-state index >= 15 is 0 Å². The molecule has 0 spiro atoms. The van der Waals surface area contributed by atoms with Gasteiger partial charge in [-0.2, -0.15) is 0 Å². The summed E-state index contributed by atoms with van der Waals surface area (Å²) in [5.41, 5.74) is 2.15. The molecule has 0 aliphatic heterocycles. The van der Waals surface area contributed by atoms with Crippen LogP contribution in [0.1, 0.15) is 11.1 Å². The summed E-state index contributed by atoms with van der Waals surface area (Å²) in [4.78, 5) is 1.16. The van der Waals surface area contributed by atoms with Crippen molar-refractivity contribution in [3.63, 3.8) is 0 Å². The molecule has 0 amide bonds. The lowest BCUT2D eigenvalue weighted by Gasteiger charge is -2.07. The van der Waals surface area contributed by atoms with E-state index in [4.69, 9.17) is 5.41 Å². The Morgan fingerprint density at radius 1 is 1.50 bits per heavy atom. The fourth-order valence-corrected chi connectivity index (χ4v) is 2.02. The third-order valence-corrected chi connectivity index (χ3v) is 3.43. The van der Waals surface area contributed by atoms with Crippen LogP contribution >= 0.6 is 27.7 Å². The van der Waals surface area contributed by atoms with Crippen LogP contribution in [0.15, 0.2) is 21.5 Å². The first kappa shape index (κ1) is 9.81. The molecule has 1 nitrogen and oxygen atoms in total. The summed E-state index contributed by atoms with van der Waals surface area (Å²) >= 11 is 5.11. The average molecular weight is 244 g/mol. The molecule has 1 aromatic rings. The van der Waals surface area contributed by atoms with Crippen LogP contribution in [0.4, 0.5) is 0 Å². The molecule has 1 aromatic carbocycles. The maximum absolute atomic E-state index is 7.27. The van der Waals surface area contributed by atoms with Crippen LogP contribution in [0.3, 0.4) is 0 Å². The number of halogens is 1. The van der Waals surface area contributed by atoms with Crippen LogP contribution in [0.25, 0.3) is 0 Å². The minimum absolute atomic E-state index is 1.01. The Kier molecular flexibility index (Phi) is 3.35. The van der Waals surface area contributed by atoms with Gasteiger partial charge in [-0.1, -0.05) is 15.9 Å². The van der Waals surface area contributed by atoms with Gasteiger partial charge in [-0.05, 0) is 30.9 Å². The van der Waals surface area contributed by atoms with Gasteiger partial charge in [0.2, 0.25) is 0 Å². The van der Waals surface area contributed by atoms with E-state index in [-0.39, 0.29) is 0 Å². The molecule has 0 saturated carbocycles. The highest BCUT2D eigenvalue weighted by molar-refractivity contribution is 9.10. The zero-order valence-electron chi connectivity index (χ0n) is 7.02. The predicted octanol–water partition coefficient (Wildman–Crippen LogP) is 3.48. The first-order chi connectivity index (χ1) is 5.70. The summed E-state index contributed by atoms with van der Waals surface area (Å²) in [5.74, 6) is 0. The second-order valence-corrected chi connectivity index (χ2v) is 4.14. The van der Waals surface area contributed by atoms with E-state index in [0.717, 1.165) is 20.5 Å². The van der Waals surface area contributed by atoms with Gasteiger partial charge >= 0.3 is 0 Å². The minimum atomic E-state index is 1.01. The predicted molar refractivity (Wildman–Crippen MR) is 58.5 cm³/mol. The van der Waals surface area contributed by atoms with Gasteiger partial charge in [0, 0.05) is 21.1 Å². The summed E-state index contributed by atoms with van der Waals surface area (Å²) in [6.45, 7) is 2.02. The molecule has 0 aliphatic carbocycles. The summed E-state index contributed by atoms with van der Waals surface area (Å²) in [6, 6.07) is 4.05. The van der Waals surface area contributed by atoms with E-state index in [1.807, 2.05) is 25.3 Å². The van der Waals surface area contributed by atoms with Crippen LogP contribution in [0, 0.1) is 12.3 Å². The van der Waals surface area contributed by atoms with Crippen molar-refractivity contribution in [1.82, 2.24) is 0 Å². The lowest BCUT2D eigenvalue weighted by atomic mass is 10.1. The number of rotatable bonds is 2. The molecule has 0 bridgehead atoms. The Labute approximate surface area is 85.2 Å². The Balaban J connectivity index is 3.35. The minimum Gasteiger partial charge on any atom is -0.308 e. The molecule has 0 fully saturated rings. The topological polar surface area (TPSA) is 23.9 Å². The van der Waals surface area contributed by atoms with E-state index in [0.29, 0.717) is 0 Å². The van der Waals surface area contributed by atoms with Gasteiger partial charge < -0.3 is 5.41 Å². The van der Waals surface area contributed by atoms with Gasteiger partial charge in [0.25, 0.3) is 0 Å². The molecule has 0 radical (unpaired) electrons. The molecule has 3 heteroatoms. The van der Waals surface area contributed by atoms with Gasteiger partial charge in [-0.25, -0.2) is 0 Å². The molecular weight excluding hydrogens is 234 g/mol. The molecule has 1 N–H and O–H groups in total. The second-order valence-electron chi connectivity index (χ2n) is 2.43. The fraction of sp³-hybridized carbons (Fsp3) is 0.222. The normalized spacial score (nSPS) is 9.92. The summed E-state index contributed by atoms with van der Waals surface area (Å²) in [5, 5.41) is 7.27. The van der Waals surface area contributed by atoms with Crippen LogP contribution in [0.2, 0.25) is 0 Å². The molecular formula is C9H10BrNS. The monoisotopic (exact) mass is 243 g/mol. The third-order valence-electron chi connectivity index (χ3n) is 1.77. The van der Waals surface area contributed by atoms with Crippen molar-refractivity contribution in [2.24, 2.45) is 0 Å². The highest BCUT2D eigenvalue weighted by Crippen LogP contribution is 2.27. The highest BCUT2D eigenvalue weighted by Gasteiger charge is 2.04. The zero-order valence-corrected chi connectivity index (χ0v) is 9.42. The molecule has 0 atom stereocenters. The summed E-state index contributed by atoms with van der Waals surface area (Å²) in [6.07, 6.45) is 3.43. The Hall–Kier alpha value is -0.280. The van der Waals surface area contributed by atoms with Gasteiger partial charge in [0.05, 0.1) is 0 Å². The number of hydrogen-bond donors (Lipinski definition) is 1. The van der Waals surface area contributed by atoms with Crippen molar-refractivity contribution in [3.05, 3.63) is 27.7 Å². The maximum atomic E-state index is 7.27. The standard InChI is InChI=1S/C9H10BrNS/c1-6-7(5-11)9(12-2)4-3-8(6)10/h3-5,11H,1-2H3. The van der Waals surface area contributed by atoms with Gasteiger partial charge in [0.1, 0.15) is 0 Å². The van der Waals surface area contributed by atoms with E-state index in [1.54, 1.807) is 11.8 Å². The molecule has 0 heterocycles. The van der Waals surface area contributed by atoms with Gasteiger partial charge in [-0.3, -0.25) is 0 Å².